The van der Waals surface area contributed by atoms with Crippen molar-refractivity contribution in [2.45, 2.75) is 25.9 Å². The molecule has 0 saturated heterocycles. The molecule has 8 heteroatoms. The fourth-order valence-electron chi connectivity index (χ4n) is 4.11. The van der Waals surface area contributed by atoms with Gasteiger partial charge in [-0.15, -0.1) is 0 Å². The summed E-state index contributed by atoms with van der Waals surface area (Å²) in [5, 5.41) is 0.801. The monoisotopic (exact) mass is 509 g/mol. The first-order chi connectivity index (χ1) is 17.2. The average Bonchev–Trinajstić information content (AvgIpc) is 3.29. The van der Waals surface area contributed by atoms with E-state index in [0.29, 0.717) is 23.7 Å². The second kappa shape index (κ2) is 10.4. The molecule has 6 nitrogen and oxygen atoms in total. The maximum atomic E-state index is 13.8. The first-order valence-corrected chi connectivity index (χ1v) is 13.2. The molecular formula is C28H29FNO5P. The van der Waals surface area contributed by atoms with Crippen LogP contribution in [0.25, 0.3) is 16.6 Å². The molecule has 0 fully saturated rings. The lowest BCUT2D eigenvalue weighted by Crippen LogP contribution is -2.34. The Labute approximate surface area is 210 Å². The molecule has 0 atom stereocenters. The van der Waals surface area contributed by atoms with Gasteiger partial charge >= 0.3 is 7.60 Å². The van der Waals surface area contributed by atoms with Gasteiger partial charge in [-0.2, -0.15) is 0 Å². The normalized spacial score (nSPS) is 12.1. The number of hydrogen-bond acceptors (Lipinski definition) is 5. The van der Waals surface area contributed by atoms with E-state index in [4.69, 9.17) is 13.8 Å². The van der Waals surface area contributed by atoms with Crippen LogP contribution in [-0.4, -0.2) is 30.7 Å². The van der Waals surface area contributed by atoms with Crippen LogP contribution in [0.3, 0.4) is 0 Å². The Balaban J connectivity index is 1.84. The molecule has 4 aromatic rings. The van der Waals surface area contributed by atoms with Crippen molar-refractivity contribution in [2.75, 3.05) is 20.4 Å². The average molecular weight is 510 g/mol. The standard InChI is InChI=1S/C28H29FNO5P/c1-28(2,27(31)19-36(32,33-3)34-4)26-17-23-24(30(26)22-15-13-21(29)14-16-22)11-8-12-25(23)35-18-20-9-6-5-7-10-20/h5-17H,18-19H2,1-4H3. The SMILES string of the molecule is COP(=O)(CC(=O)C(C)(C)c1cc2c(OCc3ccccc3)cccc2n1-c1ccc(F)cc1)OC. The second-order valence-electron chi connectivity index (χ2n) is 8.99. The van der Waals surface area contributed by atoms with Crippen LogP contribution >= 0.6 is 7.60 Å². The number of nitrogens with zero attached hydrogens (tertiary/aromatic N) is 1. The number of benzene rings is 3. The number of Topliss-reactive ketones (excluding diaryl/α,β-unsaturated/α-hetero) is 1. The van der Waals surface area contributed by atoms with E-state index < -0.39 is 13.0 Å². The number of aromatic nitrogens is 1. The number of carbonyl (C=O) groups excluding carboxylic acids is 1. The van der Waals surface area contributed by atoms with Crippen molar-refractivity contribution < 1.29 is 27.5 Å². The quantitative estimate of drug-likeness (QED) is 0.223. The minimum atomic E-state index is -3.57. The highest BCUT2D eigenvalue weighted by molar-refractivity contribution is 7.54. The Morgan fingerprint density at radius 1 is 0.944 bits per heavy atom. The molecule has 0 spiro atoms. The van der Waals surface area contributed by atoms with Gasteiger partial charge in [-0.3, -0.25) is 9.36 Å². The van der Waals surface area contributed by atoms with E-state index in [1.807, 2.05) is 59.2 Å². The van der Waals surface area contributed by atoms with Gasteiger partial charge in [0.25, 0.3) is 0 Å². The predicted octanol–water partition coefficient (Wildman–Crippen LogP) is 6.68. The third kappa shape index (κ3) is 5.14. The number of rotatable bonds is 10. The zero-order valence-electron chi connectivity index (χ0n) is 20.7. The third-order valence-electron chi connectivity index (χ3n) is 6.36. The van der Waals surface area contributed by atoms with Gasteiger partial charge < -0.3 is 18.4 Å². The number of fused-ring (bicyclic) bond motifs is 1. The molecule has 0 aliphatic heterocycles. The zero-order chi connectivity index (χ0) is 25.9. The summed E-state index contributed by atoms with van der Waals surface area (Å²) >= 11 is 0. The molecule has 1 aromatic heterocycles. The third-order valence-corrected chi connectivity index (χ3v) is 8.15. The lowest BCUT2D eigenvalue weighted by molar-refractivity contribution is -0.121. The number of ketones is 1. The number of halogens is 1. The molecule has 36 heavy (non-hydrogen) atoms. The molecule has 188 valence electrons. The summed E-state index contributed by atoms with van der Waals surface area (Å²) in [6.07, 6.45) is -0.380. The van der Waals surface area contributed by atoms with Crippen molar-refractivity contribution in [3.8, 4) is 11.4 Å². The fraction of sp³-hybridized carbons (Fsp3) is 0.250. The van der Waals surface area contributed by atoms with Gasteiger partial charge in [0.2, 0.25) is 0 Å². The van der Waals surface area contributed by atoms with Crippen molar-refractivity contribution in [1.29, 1.82) is 0 Å². The summed E-state index contributed by atoms with van der Waals surface area (Å²) in [6, 6.07) is 23.5. The van der Waals surface area contributed by atoms with Crippen LogP contribution in [0.2, 0.25) is 0 Å². The number of hydrogen-bond donors (Lipinski definition) is 0. The van der Waals surface area contributed by atoms with Crippen LogP contribution in [-0.2, 0) is 30.4 Å². The highest BCUT2D eigenvalue weighted by Gasteiger charge is 2.39. The van der Waals surface area contributed by atoms with Crippen LogP contribution in [0.15, 0.2) is 78.9 Å². The van der Waals surface area contributed by atoms with Crippen molar-refractivity contribution in [2.24, 2.45) is 0 Å². The summed E-state index contributed by atoms with van der Waals surface area (Å²) in [5.74, 6) is -0.0197. The lowest BCUT2D eigenvalue weighted by Gasteiger charge is -2.27. The molecular weight excluding hydrogens is 480 g/mol. The van der Waals surface area contributed by atoms with Gasteiger partial charge in [-0.05, 0) is 61.9 Å². The maximum Gasteiger partial charge on any atom is 0.337 e. The van der Waals surface area contributed by atoms with Gasteiger partial charge in [0.15, 0.2) is 5.78 Å². The summed E-state index contributed by atoms with van der Waals surface area (Å²) in [7, 11) is -1.05. The van der Waals surface area contributed by atoms with Crippen LogP contribution < -0.4 is 4.74 Å². The molecule has 0 radical (unpaired) electrons. The summed E-state index contributed by atoms with van der Waals surface area (Å²) in [4.78, 5) is 13.5. The fourth-order valence-corrected chi connectivity index (χ4v) is 5.27. The molecule has 0 saturated carbocycles. The minimum absolute atomic E-state index is 0.313. The highest BCUT2D eigenvalue weighted by Crippen LogP contribution is 2.48. The highest BCUT2D eigenvalue weighted by atomic mass is 31.2. The van der Waals surface area contributed by atoms with Gasteiger partial charge in [0, 0.05) is 31.0 Å². The Kier molecular flexibility index (Phi) is 7.46. The van der Waals surface area contributed by atoms with Gasteiger partial charge in [-0.25, -0.2) is 4.39 Å². The maximum absolute atomic E-state index is 13.8. The van der Waals surface area contributed by atoms with Crippen LogP contribution in [0.5, 0.6) is 5.75 Å². The van der Waals surface area contributed by atoms with Crippen molar-refractivity contribution in [3.63, 3.8) is 0 Å². The number of ether oxygens (including phenoxy) is 1. The van der Waals surface area contributed by atoms with E-state index in [1.54, 1.807) is 26.0 Å². The first-order valence-electron chi connectivity index (χ1n) is 11.5. The summed E-state index contributed by atoms with van der Waals surface area (Å²) < 4.78 is 44.6. The molecule has 0 N–H and O–H groups in total. The topological polar surface area (TPSA) is 66.8 Å². The Bertz CT molecular complexity index is 1410. The van der Waals surface area contributed by atoms with Crippen molar-refractivity contribution >= 4 is 24.3 Å². The lowest BCUT2D eigenvalue weighted by atomic mass is 9.85. The first kappa shape index (κ1) is 25.8. The minimum Gasteiger partial charge on any atom is -0.488 e. The second-order valence-corrected chi connectivity index (χ2v) is 11.3. The largest absolute Gasteiger partial charge is 0.488 e. The molecule has 0 unspecified atom stereocenters. The Morgan fingerprint density at radius 2 is 1.61 bits per heavy atom. The van der Waals surface area contributed by atoms with E-state index >= 15 is 0 Å². The van der Waals surface area contributed by atoms with Gasteiger partial charge in [0.05, 0.1) is 10.9 Å². The molecule has 0 aliphatic carbocycles. The molecule has 3 aromatic carbocycles. The molecule has 0 aliphatic rings. The Hall–Kier alpha value is -3.25. The molecule has 4 rings (SSSR count). The van der Waals surface area contributed by atoms with Crippen molar-refractivity contribution in [3.05, 3.63) is 95.9 Å². The summed E-state index contributed by atoms with van der Waals surface area (Å²) in [5.41, 5.74) is 2.06. The van der Waals surface area contributed by atoms with Crippen LogP contribution in [0.4, 0.5) is 4.39 Å². The smallest absolute Gasteiger partial charge is 0.337 e. The van der Waals surface area contributed by atoms with E-state index in [9.17, 15) is 13.8 Å². The van der Waals surface area contributed by atoms with Crippen LogP contribution in [0, 0.1) is 5.82 Å². The van der Waals surface area contributed by atoms with E-state index in [-0.39, 0.29) is 17.8 Å². The predicted molar refractivity (Wildman–Crippen MR) is 139 cm³/mol. The Morgan fingerprint density at radius 3 is 2.25 bits per heavy atom. The van der Waals surface area contributed by atoms with Gasteiger partial charge in [-0.1, -0.05) is 36.4 Å². The van der Waals surface area contributed by atoms with E-state index in [2.05, 4.69) is 0 Å². The van der Waals surface area contributed by atoms with Gasteiger partial charge in [0.1, 0.15) is 24.3 Å². The van der Waals surface area contributed by atoms with E-state index in [0.717, 1.165) is 16.5 Å². The summed E-state index contributed by atoms with van der Waals surface area (Å²) in [6.45, 7) is 3.91. The number of carbonyl (C=O) groups is 1. The van der Waals surface area contributed by atoms with E-state index in [1.165, 1.54) is 26.4 Å². The zero-order valence-corrected chi connectivity index (χ0v) is 21.6. The molecule has 0 amide bonds. The van der Waals surface area contributed by atoms with Crippen molar-refractivity contribution in [1.82, 2.24) is 4.57 Å². The van der Waals surface area contributed by atoms with Crippen LogP contribution in [0.1, 0.15) is 25.1 Å². The molecule has 0 bridgehead atoms. The molecule has 1 heterocycles.